The van der Waals surface area contributed by atoms with Gasteiger partial charge in [0.15, 0.2) is 5.82 Å². The summed E-state index contributed by atoms with van der Waals surface area (Å²) < 4.78 is 38.4. The van der Waals surface area contributed by atoms with Crippen LogP contribution in [0.5, 0.6) is 0 Å². The van der Waals surface area contributed by atoms with Gasteiger partial charge in [-0.15, -0.1) is 0 Å². The molecule has 1 aromatic heterocycles. The summed E-state index contributed by atoms with van der Waals surface area (Å²) >= 11 is 3.22. The van der Waals surface area contributed by atoms with Crippen LogP contribution in [0.2, 0.25) is 0 Å². The van der Waals surface area contributed by atoms with E-state index in [9.17, 15) is 22.8 Å². The number of aromatic nitrogens is 2. The van der Waals surface area contributed by atoms with Gasteiger partial charge in [0.2, 0.25) is 0 Å². The third kappa shape index (κ3) is 5.17. The smallest absolute Gasteiger partial charge is 0.291 e. The number of nitrogens with zero attached hydrogens (tertiary/aromatic N) is 2. The SMILES string of the molecule is O=C(NC(=O)c1ccccc1Br)Nc1cnc(-c2ccc(C(F)(F)F)cc2)cn1. The lowest BCUT2D eigenvalue weighted by atomic mass is 10.1. The fourth-order valence-corrected chi connectivity index (χ4v) is 2.80. The zero-order chi connectivity index (χ0) is 21.0. The van der Waals surface area contributed by atoms with Gasteiger partial charge in [0.05, 0.1) is 29.2 Å². The topological polar surface area (TPSA) is 84.0 Å². The maximum atomic E-state index is 12.6. The molecule has 1 heterocycles. The highest BCUT2D eigenvalue weighted by atomic mass is 79.9. The van der Waals surface area contributed by atoms with Gasteiger partial charge in [0, 0.05) is 10.0 Å². The van der Waals surface area contributed by atoms with E-state index in [1.165, 1.54) is 24.5 Å². The third-order valence-corrected chi connectivity index (χ3v) is 4.44. The van der Waals surface area contributed by atoms with Gasteiger partial charge < -0.3 is 0 Å². The Morgan fingerprint density at radius 3 is 2.21 bits per heavy atom. The number of halogens is 4. The van der Waals surface area contributed by atoms with Crippen LogP contribution in [0.4, 0.5) is 23.8 Å². The van der Waals surface area contributed by atoms with Crippen LogP contribution >= 0.6 is 15.9 Å². The fraction of sp³-hybridized carbons (Fsp3) is 0.0526. The van der Waals surface area contributed by atoms with Gasteiger partial charge >= 0.3 is 12.2 Å². The van der Waals surface area contributed by atoms with E-state index < -0.39 is 23.7 Å². The van der Waals surface area contributed by atoms with Crippen LogP contribution in [-0.4, -0.2) is 21.9 Å². The summed E-state index contributed by atoms with van der Waals surface area (Å²) in [6.07, 6.45) is -1.89. The van der Waals surface area contributed by atoms with Crippen LogP contribution < -0.4 is 10.6 Å². The highest BCUT2D eigenvalue weighted by molar-refractivity contribution is 9.10. The number of carbonyl (C=O) groups excluding carboxylic acids is 2. The van der Waals surface area contributed by atoms with E-state index in [-0.39, 0.29) is 11.4 Å². The van der Waals surface area contributed by atoms with Crippen molar-refractivity contribution in [1.29, 1.82) is 0 Å². The van der Waals surface area contributed by atoms with E-state index in [2.05, 4.69) is 36.5 Å². The molecule has 0 unspecified atom stereocenters. The molecule has 6 nitrogen and oxygen atoms in total. The van der Waals surface area contributed by atoms with Gasteiger partial charge in [0.1, 0.15) is 0 Å². The molecule has 0 aliphatic heterocycles. The van der Waals surface area contributed by atoms with Crippen molar-refractivity contribution in [1.82, 2.24) is 15.3 Å². The molecule has 0 atom stereocenters. The number of urea groups is 1. The summed E-state index contributed by atoms with van der Waals surface area (Å²) in [5.41, 5.74) is 0.282. The second-order valence-corrected chi connectivity index (χ2v) is 6.60. The molecule has 148 valence electrons. The molecule has 0 fully saturated rings. The normalized spacial score (nSPS) is 11.0. The number of rotatable bonds is 3. The number of anilines is 1. The van der Waals surface area contributed by atoms with Crippen LogP contribution in [-0.2, 0) is 6.18 Å². The van der Waals surface area contributed by atoms with Gasteiger partial charge in [0.25, 0.3) is 5.91 Å². The summed E-state index contributed by atoms with van der Waals surface area (Å²) in [6.45, 7) is 0. The molecular formula is C19H12BrF3N4O2. The number of nitrogens with one attached hydrogen (secondary N) is 2. The molecule has 2 aromatic carbocycles. The molecule has 2 N–H and O–H groups in total. The van der Waals surface area contributed by atoms with Gasteiger partial charge in [-0.3, -0.25) is 20.4 Å². The molecule has 0 aliphatic carbocycles. The number of hydrogen-bond donors (Lipinski definition) is 2. The summed E-state index contributed by atoms with van der Waals surface area (Å²) in [5, 5.41) is 4.52. The van der Waals surface area contributed by atoms with Crippen LogP contribution in [0.15, 0.2) is 65.4 Å². The van der Waals surface area contributed by atoms with E-state index in [4.69, 9.17) is 0 Å². The van der Waals surface area contributed by atoms with Crippen molar-refractivity contribution in [2.24, 2.45) is 0 Å². The maximum Gasteiger partial charge on any atom is 0.416 e. The molecular weight excluding hydrogens is 453 g/mol. The number of benzene rings is 2. The second kappa shape index (κ2) is 8.39. The minimum Gasteiger partial charge on any atom is -0.291 e. The molecule has 10 heteroatoms. The lowest BCUT2D eigenvalue weighted by molar-refractivity contribution is -0.137. The highest BCUT2D eigenvalue weighted by Gasteiger charge is 2.30. The van der Waals surface area contributed by atoms with Crippen molar-refractivity contribution < 1.29 is 22.8 Å². The molecule has 3 aromatic rings. The number of carbonyl (C=O) groups is 2. The van der Waals surface area contributed by atoms with Crippen molar-refractivity contribution in [3.63, 3.8) is 0 Å². The van der Waals surface area contributed by atoms with Crippen LogP contribution in [0, 0.1) is 0 Å². The molecule has 0 spiro atoms. The van der Waals surface area contributed by atoms with Crippen LogP contribution in [0.1, 0.15) is 15.9 Å². The molecule has 0 aliphatic rings. The van der Waals surface area contributed by atoms with Crippen molar-refractivity contribution in [2.45, 2.75) is 6.18 Å². The monoisotopic (exact) mass is 464 g/mol. The van der Waals surface area contributed by atoms with E-state index in [0.29, 0.717) is 15.7 Å². The lowest BCUT2D eigenvalue weighted by Crippen LogP contribution is -2.34. The Bertz CT molecular complexity index is 1040. The van der Waals surface area contributed by atoms with Gasteiger partial charge in [-0.05, 0) is 40.2 Å². The zero-order valence-electron chi connectivity index (χ0n) is 14.5. The lowest BCUT2D eigenvalue weighted by Gasteiger charge is -2.09. The maximum absolute atomic E-state index is 12.6. The number of amides is 3. The quantitative estimate of drug-likeness (QED) is 0.577. The zero-order valence-corrected chi connectivity index (χ0v) is 16.1. The molecule has 3 rings (SSSR count). The third-order valence-electron chi connectivity index (χ3n) is 3.75. The molecule has 29 heavy (non-hydrogen) atoms. The molecule has 3 amide bonds. The van der Waals surface area contributed by atoms with Crippen molar-refractivity contribution in [3.8, 4) is 11.3 Å². The van der Waals surface area contributed by atoms with Gasteiger partial charge in [-0.25, -0.2) is 9.78 Å². The Labute approximate surface area is 171 Å². The number of imide groups is 1. The highest BCUT2D eigenvalue weighted by Crippen LogP contribution is 2.30. The van der Waals surface area contributed by atoms with Crippen molar-refractivity contribution in [2.75, 3.05) is 5.32 Å². The van der Waals surface area contributed by atoms with Crippen molar-refractivity contribution in [3.05, 3.63) is 76.5 Å². The van der Waals surface area contributed by atoms with E-state index in [1.54, 1.807) is 24.3 Å². The first-order valence-corrected chi connectivity index (χ1v) is 8.90. The largest absolute Gasteiger partial charge is 0.416 e. The molecule has 0 bridgehead atoms. The molecule has 0 radical (unpaired) electrons. The average molecular weight is 465 g/mol. The Morgan fingerprint density at radius 2 is 1.62 bits per heavy atom. The van der Waals surface area contributed by atoms with Crippen LogP contribution in [0.25, 0.3) is 11.3 Å². The minimum absolute atomic E-state index is 0.0677. The van der Waals surface area contributed by atoms with E-state index in [1.807, 2.05) is 0 Å². The standard InChI is InChI=1S/C19H12BrF3N4O2/c20-14-4-2-1-3-13(14)17(28)27-18(29)26-16-10-24-15(9-25-16)11-5-7-12(8-6-11)19(21,22)23/h1-10H,(H2,25,26,27,28,29). The molecule has 0 saturated heterocycles. The summed E-state index contributed by atoms with van der Waals surface area (Å²) in [4.78, 5) is 32.1. The number of hydrogen-bond acceptors (Lipinski definition) is 4. The molecule has 0 saturated carbocycles. The Morgan fingerprint density at radius 1 is 0.931 bits per heavy atom. The predicted octanol–water partition coefficient (Wildman–Crippen LogP) is 4.89. The first kappa shape index (κ1) is 20.5. The summed E-state index contributed by atoms with van der Waals surface area (Å²) in [5.74, 6) is -0.539. The first-order valence-electron chi connectivity index (χ1n) is 8.10. The Hall–Kier alpha value is -3.27. The minimum atomic E-state index is -4.42. The summed E-state index contributed by atoms with van der Waals surface area (Å²) in [7, 11) is 0. The van der Waals surface area contributed by atoms with E-state index in [0.717, 1.165) is 12.1 Å². The van der Waals surface area contributed by atoms with Gasteiger partial charge in [-0.1, -0.05) is 24.3 Å². The fourth-order valence-electron chi connectivity index (χ4n) is 2.33. The van der Waals surface area contributed by atoms with Crippen LogP contribution in [0.3, 0.4) is 0 Å². The Kier molecular flexibility index (Phi) is 5.92. The van der Waals surface area contributed by atoms with Gasteiger partial charge in [-0.2, -0.15) is 13.2 Å². The average Bonchev–Trinajstić information content (AvgIpc) is 2.68. The van der Waals surface area contributed by atoms with E-state index >= 15 is 0 Å². The second-order valence-electron chi connectivity index (χ2n) is 5.75. The summed E-state index contributed by atoms with van der Waals surface area (Å²) in [6, 6.07) is 10.3. The first-order chi connectivity index (χ1) is 13.7. The Balaban J connectivity index is 1.64. The predicted molar refractivity (Wildman–Crippen MR) is 103 cm³/mol. The number of alkyl halides is 3. The van der Waals surface area contributed by atoms with Crippen molar-refractivity contribution >= 4 is 33.7 Å².